The second kappa shape index (κ2) is 6.51. The molecule has 0 fully saturated rings. The first-order chi connectivity index (χ1) is 8.86. The Kier molecular flexibility index (Phi) is 5.29. The number of nitro groups is 1. The second-order valence-electron chi connectivity index (χ2n) is 4.29. The average molecular weight is 330 g/mol. The number of halogens is 1. The lowest BCUT2D eigenvalue weighted by molar-refractivity contribution is -0.384. The Morgan fingerprint density at radius 2 is 2.21 bits per heavy atom. The standard InChI is InChI=1S/C12H16BrN3O3/c1-8(12(17)14-2)7-15(3)10-5-4-9(13)6-11(10)16(18)19/h4-6,8H,7H2,1-3H3,(H,14,17). The molecule has 0 aromatic heterocycles. The molecular formula is C12H16BrN3O3. The molecule has 1 aromatic carbocycles. The SMILES string of the molecule is CNC(=O)C(C)CN(C)c1ccc(Br)cc1[N+](=O)[O-]. The van der Waals surface area contributed by atoms with E-state index in [2.05, 4.69) is 21.2 Å². The largest absolute Gasteiger partial charge is 0.368 e. The summed E-state index contributed by atoms with van der Waals surface area (Å²) < 4.78 is 0.649. The van der Waals surface area contributed by atoms with Gasteiger partial charge in [-0.25, -0.2) is 0 Å². The number of nitrogens with one attached hydrogen (secondary N) is 1. The number of nitro benzene ring substituents is 1. The van der Waals surface area contributed by atoms with Gasteiger partial charge in [0.2, 0.25) is 5.91 Å². The molecule has 0 aliphatic rings. The molecule has 104 valence electrons. The predicted octanol–water partition coefficient (Wildman–Crippen LogP) is 2.18. The molecule has 1 unspecified atom stereocenters. The molecule has 0 heterocycles. The van der Waals surface area contributed by atoms with Crippen LogP contribution in [0, 0.1) is 16.0 Å². The molecule has 1 atom stereocenters. The minimum atomic E-state index is -0.429. The van der Waals surface area contributed by atoms with E-state index in [0.717, 1.165) is 0 Å². The normalized spacial score (nSPS) is 11.8. The van der Waals surface area contributed by atoms with Crippen LogP contribution in [-0.4, -0.2) is 31.5 Å². The number of rotatable bonds is 5. The molecule has 0 aliphatic heterocycles. The van der Waals surface area contributed by atoms with Crippen LogP contribution in [0.2, 0.25) is 0 Å². The summed E-state index contributed by atoms with van der Waals surface area (Å²) in [5, 5.41) is 13.6. The summed E-state index contributed by atoms with van der Waals surface area (Å²) in [6.45, 7) is 2.18. The molecule has 0 bridgehead atoms. The van der Waals surface area contributed by atoms with Crippen LogP contribution in [0.5, 0.6) is 0 Å². The van der Waals surface area contributed by atoms with Crippen LogP contribution in [-0.2, 0) is 4.79 Å². The third kappa shape index (κ3) is 3.92. The van der Waals surface area contributed by atoms with Crippen molar-refractivity contribution in [2.45, 2.75) is 6.92 Å². The third-order valence-electron chi connectivity index (χ3n) is 2.79. The fraction of sp³-hybridized carbons (Fsp3) is 0.417. The maximum absolute atomic E-state index is 11.5. The minimum absolute atomic E-state index is 0.0148. The van der Waals surface area contributed by atoms with Gasteiger partial charge < -0.3 is 10.2 Å². The average Bonchev–Trinajstić information content (AvgIpc) is 2.37. The Hall–Kier alpha value is -1.63. The zero-order valence-corrected chi connectivity index (χ0v) is 12.6. The first-order valence-corrected chi connectivity index (χ1v) is 6.52. The number of carbonyl (C=O) groups is 1. The number of nitrogens with zero attached hydrogens (tertiary/aromatic N) is 2. The van der Waals surface area contributed by atoms with Crippen LogP contribution in [0.15, 0.2) is 22.7 Å². The fourth-order valence-electron chi connectivity index (χ4n) is 1.80. The van der Waals surface area contributed by atoms with Crippen molar-refractivity contribution in [1.29, 1.82) is 0 Å². The highest BCUT2D eigenvalue weighted by molar-refractivity contribution is 9.10. The molecule has 0 saturated heterocycles. The van der Waals surface area contributed by atoms with Crippen LogP contribution < -0.4 is 10.2 Å². The quantitative estimate of drug-likeness (QED) is 0.663. The number of hydrogen-bond donors (Lipinski definition) is 1. The maximum atomic E-state index is 11.5. The summed E-state index contributed by atoms with van der Waals surface area (Å²) in [7, 11) is 3.30. The van der Waals surface area contributed by atoms with Gasteiger partial charge >= 0.3 is 0 Å². The molecule has 0 saturated carbocycles. The topological polar surface area (TPSA) is 75.5 Å². The Balaban J connectivity index is 2.96. The zero-order valence-electron chi connectivity index (χ0n) is 11.0. The zero-order chi connectivity index (χ0) is 14.6. The summed E-state index contributed by atoms with van der Waals surface area (Å²) >= 11 is 3.21. The van der Waals surface area contributed by atoms with E-state index in [9.17, 15) is 14.9 Å². The van der Waals surface area contributed by atoms with Gasteiger partial charge in [-0.2, -0.15) is 0 Å². The molecule has 1 aromatic rings. The van der Waals surface area contributed by atoms with Crippen molar-refractivity contribution in [1.82, 2.24) is 5.32 Å². The summed E-state index contributed by atoms with van der Waals surface area (Å²) in [4.78, 5) is 23.8. The van der Waals surface area contributed by atoms with Gasteiger partial charge in [-0.1, -0.05) is 22.9 Å². The summed E-state index contributed by atoms with van der Waals surface area (Å²) in [5.41, 5.74) is 0.505. The van der Waals surface area contributed by atoms with Crippen LogP contribution in [0.1, 0.15) is 6.92 Å². The predicted molar refractivity (Wildman–Crippen MR) is 77.3 cm³/mol. The van der Waals surface area contributed by atoms with E-state index in [1.165, 1.54) is 6.07 Å². The van der Waals surface area contributed by atoms with Gasteiger partial charge in [0, 0.05) is 31.2 Å². The molecule has 0 radical (unpaired) electrons. The molecule has 0 aliphatic carbocycles. The highest BCUT2D eigenvalue weighted by Crippen LogP contribution is 2.30. The van der Waals surface area contributed by atoms with Crippen LogP contribution in [0.25, 0.3) is 0 Å². The molecule has 1 rings (SSSR count). The van der Waals surface area contributed by atoms with Crippen molar-refractivity contribution in [2.75, 3.05) is 25.5 Å². The van der Waals surface area contributed by atoms with E-state index in [1.807, 2.05) is 0 Å². The Morgan fingerprint density at radius 3 is 2.74 bits per heavy atom. The van der Waals surface area contributed by atoms with Crippen molar-refractivity contribution in [3.05, 3.63) is 32.8 Å². The first kappa shape index (κ1) is 15.4. The number of anilines is 1. The molecule has 1 N–H and O–H groups in total. The molecular weight excluding hydrogens is 314 g/mol. The summed E-state index contributed by atoms with van der Waals surface area (Å²) in [6.07, 6.45) is 0. The van der Waals surface area contributed by atoms with Gasteiger partial charge in [-0.15, -0.1) is 0 Å². The highest BCUT2D eigenvalue weighted by Gasteiger charge is 2.20. The van der Waals surface area contributed by atoms with Crippen LogP contribution in [0.3, 0.4) is 0 Å². The Bertz CT molecular complexity index is 493. The van der Waals surface area contributed by atoms with Crippen molar-refractivity contribution in [3.63, 3.8) is 0 Å². The van der Waals surface area contributed by atoms with Gasteiger partial charge in [-0.05, 0) is 12.1 Å². The second-order valence-corrected chi connectivity index (χ2v) is 5.20. The van der Waals surface area contributed by atoms with Crippen molar-refractivity contribution in [3.8, 4) is 0 Å². The van der Waals surface area contributed by atoms with Crippen LogP contribution in [0.4, 0.5) is 11.4 Å². The third-order valence-corrected chi connectivity index (χ3v) is 3.28. The van der Waals surface area contributed by atoms with Crippen molar-refractivity contribution < 1.29 is 9.72 Å². The summed E-state index contributed by atoms with van der Waals surface area (Å²) in [6, 6.07) is 4.86. The molecule has 19 heavy (non-hydrogen) atoms. The first-order valence-electron chi connectivity index (χ1n) is 5.73. The molecule has 0 spiro atoms. The van der Waals surface area contributed by atoms with E-state index in [4.69, 9.17) is 0 Å². The van der Waals surface area contributed by atoms with E-state index in [-0.39, 0.29) is 17.5 Å². The monoisotopic (exact) mass is 329 g/mol. The lowest BCUT2D eigenvalue weighted by Gasteiger charge is -2.22. The maximum Gasteiger partial charge on any atom is 0.293 e. The number of carbonyl (C=O) groups excluding carboxylic acids is 1. The van der Waals surface area contributed by atoms with Gasteiger partial charge in [0.05, 0.1) is 10.8 Å². The van der Waals surface area contributed by atoms with Gasteiger partial charge in [-0.3, -0.25) is 14.9 Å². The Morgan fingerprint density at radius 1 is 1.58 bits per heavy atom. The van der Waals surface area contributed by atoms with E-state index in [1.54, 1.807) is 38.1 Å². The number of benzene rings is 1. The van der Waals surface area contributed by atoms with Crippen molar-refractivity contribution >= 4 is 33.2 Å². The van der Waals surface area contributed by atoms with E-state index >= 15 is 0 Å². The molecule has 7 heteroatoms. The molecule has 1 amide bonds. The Labute approximate surface area is 120 Å². The minimum Gasteiger partial charge on any atom is -0.368 e. The van der Waals surface area contributed by atoms with E-state index < -0.39 is 4.92 Å². The number of hydrogen-bond acceptors (Lipinski definition) is 4. The summed E-state index contributed by atoms with van der Waals surface area (Å²) in [5.74, 6) is -0.343. The lowest BCUT2D eigenvalue weighted by atomic mass is 10.1. The van der Waals surface area contributed by atoms with Crippen LogP contribution >= 0.6 is 15.9 Å². The van der Waals surface area contributed by atoms with Gasteiger partial charge in [0.15, 0.2) is 0 Å². The highest BCUT2D eigenvalue weighted by atomic mass is 79.9. The van der Waals surface area contributed by atoms with E-state index in [0.29, 0.717) is 16.7 Å². The fourth-order valence-corrected chi connectivity index (χ4v) is 2.15. The molecule has 6 nitrogen and oxygen atoms in total. The van der Waals surface area contributed by atoms with Gasteiger partial charge in [0.1, 0.15) is 5.69 Å². The number of amides is 1. The lowest BCUT2D eigenvalue weighted by Crippen LogP contribution is -2.34. The smallest absolute Gasteiger partial charge is 0.293 e. The van der Waals surface area contributed by atoms with Gasteiger partial charge in [0.25, 0.3) is 5.69 Å². The van der Waals surface area contributed by atoms with Crippen molar-refractivity contribution in [2.24, 2.45) is 5.92 Å².